The third-order valence-electron chi connectivity index (χ3n) is 2.50. The summed E-state index contributed by atoms with van der Waals surface area (Å²) in [5.74, 6) is -0.445. The number of nitrogens with zero attached hydrogens (tertiary/aromatic N) is 1. The Bertz CT molecular complexity index is 491. The van der Waals surface area contributed by atoms with Crippen molar-refractivity contribution >= 4 is 17.3 Å². The van der Waals surface area contributed by atoms with Gasteiger partial charge in [-0.25, -0.2) is 4.39 Å². The second kappa shape index (κ2) is 4.10. The largest absolute Gasteiger partial charge is 0.397 e. The molecule has 0 saturated heterocycles. The van der Waals surface area contributed by atoms with Crippen LogP contribution in [0.2, 0.25) is 5.02 Å². The zero-order valence-corrected chi connectivity index (χ0v) is 9.42. The van der Waals surface area contributed by atoms with Crippen molar-refractivity contribution in [2.75, 3.05) is 5.73 Å². The molecule has 0 atom stereocenters. The molecule has 2 aromatic rings. The molecule has 0 aliphatic heterocycles. The Labute approximate surface area is 97.9 Å². The van der Waals surface area contributed by atoms with Crippen LogP contribution in [0.15, 0.2) is 30.6 Å². The molecule has 0 spiro atoms. The fourth-order valence-electron chi connectivity index (χ4n) is 1.52. The van der Waals surface area contributed by atoms with Crippen LogP contribution in [0.1, 0.15) is 5.56 Å². The number of nitrogens with two attached hydrogens (primary N) is 1. The molecule has 4 heteroatoms. The monoisotopic (exact) mass is 236 g/mol. The number of rotatable bonds is 1. The number of hydrogen-bond acceptors (Lipinski definition) is 2. The summed E-state index contributed by atoms with van der Waals surface area (Å²) < 4.78 is 13.8. The summed E-state index contributed by atoms with van der Waals surface area (Å²) in [6.07, 6.45) is 3.13. The molecule has 0 unspecified atom stereocenters. The second-order valence-corrected chi connectivity index (χ2v) is 3.91. The minimum Gasteiger partial charge on any atom is -0.397 e. The molecule has 1 heterocycles. The number of hydrogen-bond donors (Lipinski definition) is 1. The molecule has 82 valence electrons. The number of benzene rings is 1. The van der Waals surface area contributed by atoms with E-state index in [4.69, 9.17) is 17.3 Å². The molecule has 0 amide bonds. The van der Waals surface area contributed by atoms with Crippen LogP contribution in [0.4, 0.5) is 10.1 Å². The molecule has 1 aromatic heterocycles. The molecule has 0 radical (unpaired) electrons. The molecule has 1 aromatic carbocycles. The van der Waals surface area contributed by atoms with Crippen molar-refractivity contribution in [2.45, 2.75) is 6.92 Å². The van der Waals surface area contributed by atoms with E-state index in [1.165, 1.54) is 6.07 Å². The normalized spacial score (nSPS) is 10.4. The Morgan fingerprint density at radius 2 is 2.00 bits per heavy atom. The third-order valence-corrected chi connectivity index (χ3v) is 2.79. The molecule has 2 N–H and O–H groups in total. The van der Waals surface area contributed by atoms with E-state index >= 15 is 0 Å². The van der Waals surface area contributed by atoms with E-state index in [0.717, 1.165) is 5.56 Å². The van der Waals surface area contributed by atoms with E-state index in [9.17, 15) is 4.39 Å². The van der Waals surface area contributed by atoms with E-state index in [1.807, 2.05) is 6.92 Å². The van der Waals surface area contributed by atoms with Crippen LogP contribution >= 0.6 is 11.6 Å². The summed E-state index contributed by atoms with van der Waals surface area (Å²) in [5, 5.41) is 0.0966. The van der Waals surface area contributed by atoms with Crippen LogP contribution in [0, 0.1) is 12.7 Å². The molecule has 16 heavy (non-hydrogen) atoms. The molecule has 2 nitrogen and oxygen atoms in total. The minimum atomic E-state index is -0.445. The average Bonchev–Trinajstić information content (AvgIpc) is 2.27. The van der Waals surface area contributed by atoms with E-state index in [1.54, 1.807) is 24.5 Å². The lowest BCUT2D eigenvalue weighted by Crippen LogP contribution is -1.95. The summed E-state index contributed by atoms with van der Waals surface area (Å²) in [6.45, 7) is 1.83. The highest BCUT2D eigenvalue weighted by atomic mass is 35.5. The van der Waals surface area contributed by atoms with Gasteiger partial charge in [0.1, 0.15) is 5.82 Å². The first-order chi connectivity index (χ1) is 7.61. The first-order valence-electron chi connectivity index (χ1n) is 4.75. The maximum atomic E-state index is 13.8. The van der Waals surface area contributed by atoms with Crippen molar-refractivity contribution in [3.63, 3.8) is 0 Å². The molecule has 0 saturated carbocycles. The molecule has 0 bridgehead atoms. The summed E-state index contributed by atoms with van der Waals surface area (Å²) in [6, 6.07) is 4.86. The molecule has 0 aliphatic rings. The Hall–Kier alpha value is -1.61. The molecule has 0 fully saturated rings. The molecular weight excluding hydrogens is 227 g/mol. The first-order valence-corrected chi connectivity index (χ1v) is 5.13. The van der Waals surface area contributed by atoms with Crippen LogP contribution in [0.5, 0.6) is 0 Å². The topological polar surface area (TPSA) is 38.9 Å². The van der Waals surface area contributed by atoms with E-state index in [0.29, 0.717) is 16.8 Å². The lowest BCUT2D eigenvalue weighted by molar-refractivity contribution is 0.631. The zero-order valence-electron chi connectivity index (χ0n) is 8.67. The zero-order chi connectivity index (χ0) is 11.7. The highest BCUT2D eigenvalue weighted by molar-refractivity contribution is 6.31. The summed E-state index contributed by atoms with van der Waals surface area (Å²) >= 11 is 5.73. The fraction of sp³-hybridized carbons (Fsp3) is 0.0833. The van der Waals surface area contributed by atoms with Gasteiger partial charge in [0.15, 0.2) is 0 Å². The number of aromatic nitrogens is 1. The Morgan fingerprint density at radius 3 is 2.75 bits per heavy atom. The smallest absolute Gasteiger partial charge is 0.149 e. The van der Waals surface area contributed by atoms with E-state index in [-0.39, 0.29) is 5.02 Å². The van der Waals surface area contributed by atoms with E-state index in [2.05, 4.69) is 4.98 Å². The van der Waals surface area contributed by atoms with E-state index < -0.39 is 5.82 Å². The second-order valence-electron chi connectivity index (χ2n) is 3.50. The predicted molar refractivity (Wildman–Crippen MR) is 63.8 cm³/mol. The van der Waals surface area contributed by atoms with Crippen LogP contribution in [0.3, 0.4) is 0 Å². The first kappa shape index (κ1) is 10.9. The van der Waals surface area contributed by atoms with Gasteiger partial charge in [0.25, 0.3) is 0 Å². The highest BCUT2D eigenvalue weighted by Crippen LogP contribution is 2.30. The van der Waals surface area contributed by atoms with Gasteiger partial charge in [-0.3, -0.25) is 4.98 Å². The Kier molecular flexibility index (Phi) is 2.79. The summed E-state index contributed by atoms with van der Waals surface area (Å²) in [7, 11) is 0. The fourth-order valence-corrected chi connectivity index (χ4v) is 1.70. The van der Waals surface area contributed by atoms with Crippen molar-refractivity contribution in [3.8, 4) is 11.1 Å². The summed E-state index contributed by atoms with van der Waals surface area (Å²) in [4.78, 5) is 3.96. The third kappa shape index (κ3) is 1.74. The van der Waals surface area contributed by atoms with Gasteiger partial charge >= 0.3 is 0 Å². The Balaban J connectivity index is 2.68. The molecule has 0 aliphatic carbocycles. The van der Waals surface area contributed by atoms with Crippen molar-refractivity contribution in [2.24, 2.45) is 0 Å². The van der Waals surface area contributed by atoms with Crippen molar-refractivity contribution < 1.29 is 4.39 Å². The van der Waals surface area contributed by atoms with Crippen molar-refractivity contribution in [3.05, 3.63) is 47.0 Å². The standard InChI is InChI=1S/C12H10ClFN2/c1-7-9(5-16-6-11(7)15)8-3-2-4-10(13)12(8)14/h2-6H,15H2,1H3. The van der Waals surface area contributed by atoms with Gasteiger partial charge in [0, 0.05) is 17.3 Å². The van der Waals surface area contributed by atoms with Crippen molar-refractivity contribution in [1.29, 1.82) is 0 Å². The van der Waals surface area contributed by atoms with Gasteiger partial charge in [0.05, 0.1) is 16.9 Å². The quantitative estimate of drug-likeness (QED) is 0.824. The van der Waals surface area contributed by atoms with Crippen LogP contribution in [-0.2, 0) is 0 Å². The number of pyridine rings is 1. The van der Waals surface area contributed by atoms with Gasteiger partial charge in [-0.2, -0.15) is 0 Å². The van der Waals surface area contributed by atoms with Gasteiger partial charge in [-0.15, -0.1) is 0 Å². The minimum absolute atomic E-state index is 0.0966. The average molecular weight is 237 g/mol. The van der Waals surface area contributed by atoms with Crippen LogP contribution in [0.25, 0.3) is 11.1 Å². The van der Waals surface area contributed by atoms with Gasteiger partial charge in [-0.1, -0.05) is 23.7 Å². The van der Waals surface area contributed by atoms with Crippen LogP contribution < -0.4 is 5.73 Å². The number of nitrogen functional groups attached to an aromatic ring is 1. The maximum absolute atomic E-state index is 13.8. The van der Waals surface area contributed by atoms with Gasteiger partial charge in [0.2, 0.25) is 0 Å². The summed E-state index contributed by atoms with van der Waals surface area (Å²) in [5.41, 5.74) is 8.16. The van der Waals surface area contributed by atoms with Gasteiger partial charge < -0.3 is 5.73 Å². The van der Waals surface area contributed by atoms with Crippen LogP contribution in [-0.4, -0.2) is 4.98 Å². The highest BCUT2D eigenvalue weighted by Gasteiger charge is 2.11. The Morgan fingerprint density at radius 1 is 1.25 bits per heavy atom. The predicted octanol–water partition coefficient (Wildman–Crippen LogP) is 3.43. The maximum Gasteiger partial charge on any atom is 0.149 e. The molecule has 2 rings (SSSR count). The van der Waals surface area contributed by atoms with Crippen molar-refractivity contribution in [1.82, 2.24) is 4.98 Å². The number of halogens is 2. The number of anilines is 1. The SMILES string of the molecule is Cc1c(N)cncc1-c1cccc(Cl)c1F. The van der Waals surface area contributed by atoms with Gasteiger partial charge in [-0.05, 0) is 18.6 Å². The lowest BCUT2D eigenvalue weighted by atomic mass is 10.0. The lowest BCUT2D eigenvalue weighted by Gasteiger charge is -2.09. The molecular formula is C12H10ClFN2.